The number of hydrogen-bond acceptors (Lipinski definition) is 6. The summed E-state index contributed by atoms with van der Waals surface area (Å²) in [6, 6.07) is 13.0. The molecular weight excluding hydrogens is 402 g/mol. The molecule has 0 atom stereocenters. The van der Waals surface area contributed by atoms with Crippen LogP contribution in [0.4, 0.5) is 5.69 Å². The Bertz CT molecular complexity index is 1180. The first-order valence-corrected chi connectivity index (χ1v) is 10.1. The normalized spacial score (nSPS) is 10.8. The van der Waals surface area contributed by atoms with Gasteiger partial charge in [-0.1, -0.05) is 0 Å². The standard InChI is InChI=1S/C22H21N3O4S/c1-27-17-7-4-14(5-8-17)18-12-25-16(13-30-22(25)24-18)11-21(26)23-15-6-9-19(28-2)20(10-15)29-3/h4-10,12-13H,11H2,1-3H3,(H,23,26). The van der Waals surface area contributed by atoms with Gasteiger partial charge in [0.15, 0.2) is 16.5 Å². The van der Waals surface area contributed by atoms with E-state index in [1.54, 1.807) is 39.5 Å². The molecule has 2 aromatic carbocycles. The highest BCUT2D eigenvalue weighted by atomic mass is 32.1. The molecule has 0 radical (unpaired) electrons. The van der Waals surface area contributed by atoms with Crippen LogP contribution in [-0.2, 0) is 11.2 Å². The first-order chi connectivity index (χ1) is 14.6. The summed E-state index contributed by atoms with van der Waals surface area (Å²) in [5, 5.41) is 4.86. The second-order valence-corrected chi connectivity index (χ2v) is 7.37. The second-order valence-electron chi connectivity index (χ2n) is 6.53. The summed E-state index contributed by atoms with van der Waals surface area (Å²) < 4.78 is 17.7. The van der Waals surface area contributed by atoms with Gasteiger partial charge in [-0.05, 0) is 36.4 Å². The van der Waals surface area contributed by atoms with Crippen molar-refractivity contribution in [3.8, 4) is 28.5 Å². The molecular formula is C22H21N3O4S. The molecule has 8 heteroatoms. The lowest BCUT2D eigenvalue weighted by Gasteiger charge is -2.10. The Hall–Kier alpha value is -3.52. The molecule has 4 rings (SSSR count). The molecule has 7 nitrogen and oxygen atoms in total. The molecule has 1 N–H and O–H groups in total. The van der Waals surface area contributed by atoms with Crippen molar-refractivity contribution >= 4 is 27.9 Å². The molecule has 0 saturated heterocycles. The van der Waals surface area contributed by atoms with Crippen LogP contribution < -0.4 is 19.5 Å². The van der Waals surface area contributed by atoms with Crippen LogP contribution in [0, 0.1) is 0 Å². The Balaban J connectivity index is 1.51. The zero-order chi connectivity index (χ0) is 21.1. The van der Waals surface area contributed by atoms with Gasteiger partial charge in [0, 0.05) is 34.6 Å². The fraction of sp³-hybridized carbons (Fsp3) is 0.182. The summed E-state index contributed by atoms with van der Waals surface area (Å²) in [6.45, 7) is 0. The van der Waals surface area contributed by atoms with E-state index in [2.05, 4.69) is 10.3 Å². The lowest BCUT2D eigenvalue weighted by Crippen LogP contribution is -2.15. The van der Waals surface area contributed by atoms with Gasteiger partial charge in [0.25, 0.3) is 0 Å². The molecule has 1 amide bonds. The molecule has 0 bridgehead atoms. The molecule has 2 heterocycles. The third kappa shape index (κ3) is 3.95. The Morgan fingerprint density at radius 3 is 2.50 bits per heavy atom. The second kappa shape index (κ2) is 8.46. The lowest BCUT2D eigenvalue weighted by molar-refractivity contribution is -0.115. The number of ether oxygens (including phenoxy) is 3. The lowest BCUT2D eigenvalue weighted by atomic mass is 10.2. The van der Waals surface area contributed by atoms with E-state index >= 15 is 0 Å². The average molecular weight is 423 g/mol. The van der Waals surface area contributed by atoms with Crippen molar-refractivity contribution in [3.05, 3.63) is 59.7 Å². The third-order valence-electron chi connectivity index (χ3n) is 4.68. The number of carbonyl (C=O) groups excluding carboxylic acids is 1. The number of rotatable bonds is 7. The van der Waals surface area contributed by atoms with Crippen molar-refractivity contribution in [2.75, 3.05) is 26.6 Å². The predicted molar refractivity (Wildman–Crippen MR) is 117 cm³/mol. The molecule has 154 valence electrons. The molecule has 0 unspecified atom stereocenters. The summed E-state index contributed by atoms with van der Waals surface area (Å²) >= 11 is 1.51. The maximum Gasteiger partial charge on any atom is 0.230 e. The molecule has 2 aromatic heterocycles. The predicted octanol–water partition coefficient (Wildman–Crippen LogP) is 4.27. The minimum Gasteiger partial charge on any atom is -0.497 e. The summed E-state index contributed by atoms with van der Waals surface area (Å²) in [6.07, 6.45) is 2.18. The van der Waals surface area contributed by atoms with Crippen molar-refractivity contribution in [1.82, 2.24) is 9.38 Å². The van der Waals surface area contributed by atoms with Gasteiger partial charge in [-0.2, -0.15) is 0 Å². The molecule has 0 aliphatic heterocycles. The molecule has 0 spiro atoms. The number of thiazole rings is 1. The number of amides is 1. The first-order valence-electron chi connectivity index (χ1n) is 9.23. The minimum atomic E-state index is -0.124. The van der Waals surface area contributed by atoms with E-state index in [-0.39, 0.29) is 12.3 Å². The fourth-order valence-corrected chi connectivity index (χ4v) is 4.01. The molecule has 30 heavy (non-hydrogen) atoms. The van der Waals surface area contributed by atoms with Gasteiger partial charge in [-0.3, -0.25) is 9.20 Å². The molecule has 0 fully saturated rings. The van der Waals surface area contributed by atoms with Gasteiger partial charge >= 0.3 is 0 Å². The largest absolute Gasteiger partial charge is 0.497 e. The van der Waals surface area contributed by atoms with Crippen molar-refractivity contribution in [1.29, 1.82) is 0 Å². The molecule has 0 aliphatic rings. The van der Waals surface area contributed by atoms with Gasteiger partial charge in [0.05, 0.1) is 33.4 Å². The quantitative estimate of drug-likeness (QED) is 0.481. The summed E-state index contributed by atoms with van der Waals surface area (Å²) in [4.78, 5) is 18.1. The van der Waals surface area contributed by atoms with E-state index in [9.17, 15) is 4.79 Å². The van der Waals surface area contributed by atoms with Gasteiger partial charge in [0.1, 0.15) is 5.75 Å². The van der Waals surface area contributed by atoms with Crippen LogP contribution in [0.3, 0.4) is 0 Å². The topological polar surface area (TPSA) is 74.1 Å². The van der Waals surface area contributed by atoms with Gasteiger partial charge in [-0.25, -0.2) is 4.98 Å². The van der Waals surface area contributed by atoms with Crippen LogP contribution in [0.25, 0.3) is 16.2 Å². The van der Waals surface area contributed by atoms with Gasteiger partial charge in [-0.15, -0.1) is 11.3 Å². The summed E-state index contributed by atoms with van der Waals surface area (Å²) in [5.41, 5.74) is 3.37. The summed E-state index contributed by atoms with van der Waals surface area (Å²) in [7, 11) is 4.77. The number of nitrogens with one attached hydrogen (secondary N) is 1. The Morgan fingerprint density at radius 1 is 1.03 bits per heavy atom. The molecule has 4 aromatic rings. The number of hydrogen-bond donors (Lipinski definition) is 1. The maximum atomic E-state index is 12.6. The number of imidazole rings is 1. The number of carbonyl (C=O) groups is 1. The Morgan fingerprint density at radius 2 is 1.80 bits per heavy atom. The van der Waals surface area contributed by atoms with E-state index in [4.69, 9.17) is 14.2 Å². The van der Waals surface area contributed by atoms with E-state index < -0.39 is 0 Å². The minimum absolute atomic E-state index is 0.124. The zero-order valence-electron chi connectivity index (χ0n) is 16.8. The van der Waals surface area contributed by atoms with Crippen molar-refractivity contribution in [2.24, 2.45) is 0 Å². The van der Waals surface area contributed by atoms with Crippen molar-refractivity contribution < 1.29 is 19.0 Å². The van der Waals surface area contributed by atoms with Crippen LogP contribution in [0.15, 0.2) is 54.0 Å². The number of fused-ring (bicyclic) bond motifs is 1. The van der Waals surface area contributed by atoms with Crippen LogP contribution in [-0.4, -0.2) is 36.6 Å². The highest BCUT2D eigenvalue weighted by Crippen LogP contribution is 2.30. The Kier molecular flexibility index (Phi) is 5.58. The van der Waals surface area contributed by atoms with Crippen molar-refractivity contribution in [3.63, 3.8) is 0 Å². The smallest absolute Gasteiger partial charge is 0.230 e. The Labute approximate surface area is 177 Å². The van der Waals surface area contributed by atoms with Crippen LogP contribution in [0.2, 0.25) is 0 Å². The van der Waals surface area contributed by atoms with Crippen molar-refractivity contribution in [2.45, 2.75) is 6.42 Å². The number of anilines is 1. The van der Waals surface area contributed by atoms with E-state index in [0.29, 0.717) is 17.2 Å². The highest BCUT2D eigenvalue weighted by molar-refractivity contribution is 7.15. The third-order valence-corrected chi connectivity index (χ3v) is 5.57. The van der Waals surface area contributed by atoms with Crippen LogP contribution >= 0.6 is 11.3 Å². The van der Waals surface area contributed by atoms with E-state index in [1.165, 1.54) is 11.3 Å². The highest BCUT2D eigenvalue weighted by Gasteiger charge is 2.14. The van der Waals surface area contributed by atoms with Crippen LogP contribution in [0.1, 0.15) is 5.69 Å². The molecule has 0 aliphatic carbocycles. The van der Waals surface area contributed by atoms with E-state index in [0.717, 1.165) is 27.7 Å². The van der Waals surface area contributed by atoms with Crippen LogP contribution in [0.5, 0.6) is 17.2 Å². The number of nitrogens with zero attached hydrogens (tertiary/aromatic N) is 2. The van der Waals surface area contributed by atoms with E-state index in [1.807, 2.05) is 40.2 Å². The van der Waals surface area contributed by atoms with Gasteiger partial charge < -0.3 is 19.5 Å². The first kappa shape index (κ1) is 19.8. The zero-order valence-corrected chi connectivity index (χ0v) is 17.7. The average Bonchev–Trinajstić information content (AvgIpc) is 3.35. The maximum absolute atomic E-state index is 12.6. The monoisotopic (exact) mass is 423 g/mol. The van der Waals surface area contributed by atoms with Gasteiger partial charge in [0.2, 0.25) is 5.91 Å². The SMILES string of the molecule is COc1ccc(-c2cn3c(CC(=O)Nc4ccc(OC)c(OC)c4)csc3n2)cc1. The molecule has 0 saturated carbocycles. The number of benzene rings is 2. The number of aromatic nitrogens is 2. The number of methoxy groups -OCH3 is 3. The fourth-order valence-electron chi connectivity index (χ4n) is 3.14. The summed E-state index contributed by atoms with van der Waals surface area (Å²) in [5.74, 6) is 1.85.